The Labute approximate surface area is 236 Å². The van der Waals surface area contributed by atoms with Gasteiger partial charge in [0.05, 0.1) is 23.5 Å². The molecule has 4 atom stereocenters. The lowest BCUT2D eigenvalue weighted by atomic mass is 9.99. The van der Waals surface area contributed by atoms with E-state index in [0.717, 1.165) is 70.9 Å². The van der Waals surface area contributed by atoms with Gasteiger partial charge in [-0.15, -0.1) is 0 Å². The van der Waals surface area contributed by atoms with Crippen LogP contribution < -0.4 is 10.6 Å². The molecule has 4 aliphatic rings. The van der Waals surface area contributed by atoms with Crippen molar-refractivity contribution in [2.24, 2.45) is 23.7 Å². The van der Waals surface area contributed by atoms with Crippen LogP contribution in [0.2, 0.25) is 0 Å². The molecular weight excluding hydrogens is 492 g/mol. The Kier molecular flexibility index (Phi) is 6.33. The van der Waals surface area contributed by atoms with Gasteiger partial charge in [-0.25, -0.2) is 9.97 Å². The number of rotatable bonds is 9. The van der Waals surface area contributed by atoms with E-state index in [0.29, 0.717) is 12.1 Å². The molecule has 0 bridgehead atoms. The Bertz CT molecular complexity index is 1330. The summed E-state index contributed by atoms with van der Waals surface area (Å²) in [7, 11) is 0. The van der Waals surface area contributed by atoms with Crippen molar-refractivity contribution in [3.63, 3.8) is 0 Å². The number of hydrogen-bond acceptors (Lipinski definition) is 4. The molecule has 6 heteroatoms. The highest BCUT2D eigenvalue weighted by Crippen LogP contribution is 2.41. The van der Waals surface area contributed by atoms with Crippen molar-refractivity contribution in [2.45, 2.75) is 63.5 Å². The molecule has 0 amide bonds. The summed E-state index contributed by atoms with van der Waals surface area (Å²) in [5, 5.41) is 7.38. The summed E-state index contributed by atoms with van der Waals surface area (Å²) in [5.74, 6) is 5.76. The Morgan fingerprint density at radius 1 is 0.525 bits per heavy atom. The maximum Gasteiger partial charge on any atom is 0.124 e. The van der Waals surface area contributed by atoms with Gasteiger partial charge in [-0.05, 0) is 73.6 Å². The Balaban J connectivity index is 0.901. The number of imidazole rings is 2. The summed E-state index contributed by atoms with van der Waals surface area (Å²) in [5.41, 5.74) is 6.78. The van der Waals surface area contributed by atoms with Crippen LogP contribution in [0.5, 0.6) is 0 Å². The van der Waals surface area contributed by atoms with Crippen LogP contribution in [0.1, 0.15) is 75.1 Å². The van der Waals surface area contributed by atoms with E-state index < -0.39 is 0 Å². The number of aromatic amines is 2. The molecule has 6 nitrogen and oxygen atoms in total. The highest BCUT2D eigenvalue weighted by molar-refractivity contribution is 5.71. The average Bonchev–Trinajstić information content (AvgIpc) is 3.66. The van der Waals surface area contributed by atoms with E-state index in [4.69, 9.17) is 9.97 Å². The lowest BCUT2D eigenvalue weighted by molar-refractivity contribution is 0.483. The summed E-state index contributed by atoms with van der Waals surface area (Å²) in [6.07, 6.45) is 15.1. The third-order valence-electron chi connectivity index (χ3n) is 9.72. The second-order valence-electron chi connectivity index (χ2n) is 13.0. The maximum absolute atomic E-state index is 4.96. The van der Waals surface area contributed by atoms with Crippen LogP contribution in [0.15, 0.2) is 60.9 Å². The highest BCUT2D eigenvalue weighted by atomic mass is 15.1. The number of hydrogen-bond donors (Lipinski definition) is 4. The van der Waals surface area contributed by atoms with Gasteiger partial charge < -0.3 is 20.6 Å². The smallest absolute Gasteiger partial charge is 0.124 e. The third-order valence-corrected chi connectivity index (χ3v) is 9.72. The summed E-state index contributed by atoms with van der Waals surface area (Å²) in [6.45, 7) is 2.26. The van der Waals surface area contributed by atoms with Crippen molar-refractivity contribution >= 4 is 0 Å². The fourth-order valence-corrected chi connectivity index (χ4v) is 7.04. The number of benzene rings is 2. The second-order valence-corrected chi connectivity index (χ2v) is 13.0. The van der Waals surface area contributed by atoms with E-state index in [1.807, 2.05) is 0 Å². The molecule has 4 aromatic rings. The zero-order valence-corrected chi connectivity index (χ0v) is 23.2. The molecule has 2 aromatic carbocycles. The predicted octanol–water partition coefficient (Wildman–Crippen LogP) is 7.04. The van der Waals surface area contributed by atoms with Gasteiger partial charge in [0.2, 0.25) is 0 Å². The fourth-order valence-electron chi connectivity index (χ4n) is 7.04. The predicted molar refractivity (Wildman–Crippen MR) is 159 cm³/mol. The average molecular weight is 533 g/mol. The Hall–Kier alpha value is -3.22. The minimum atomic E-state index is 0.361. The molecule has 206 valence electrons. The first kappa shape index (κ1) is 24.6. The van der Waals surface area contributed by atoms with Gasteiger partial charge in [-0.2, -0.15) is 0 Å². The van der Waals surface area contributed by atoms with E-state index in [9.17, 15) is 0 Å². The second kappa shape index (κ2) is 10.3. The molecule has 2 aromatic heterocycles. The summed E-state index contributed by atoms with van der Waals surface area (Å²) >= 11 is 0. The van der Waals surface area contributed by atoms with Crippen molar-refractivity contribution in [1.29, 1.82) is 0 Å². The topological polar surface area (TPSA) is 81.4 Å². The van der Waals surface area contributed by atoms with Crippen molar-refractivity contribution in [1.82, 2.24) is 30.6 Å². The molecule has 4 heterocycles. The highest BCUT2D eigenvalue weighted by Gasteiger charge is 2.33. The normalized spacial score (nSPS) is 26.5. The lowest BCUT2D eigenvalue weighted by Crippen LogP contribution is -2.15. The van der Waals surface area contributed by atoms with E-state index in [-0.39, 0.29) is 0 Å². The van der Waals surface area contributed by atoms with Gasteiger partial charge in [-0.3, -0.25) is 0 Å². The van der Waals surface area contributed by atoms with Crippen LogP contribution in [-0.4, -0.2) is 33.0 Å². The number of nitrogens with zero attached hydrogens (tertiary/aromatic N) is 2. The van der Waals surface area contributed by atoms with Crippen molar-refractivity contribution < 1.29 is 0 Å². The first-order valence-corrected chi connectivity index (χ1v) is 15.5. The fraction of sp³-hybridized carbons (Fsp3) is 0.471. The minimum absolute atomic E-state index is 0.361. The van der Waals surface area contributed by atoms with Crippen molar-refractivity contribution in [2.75, 3.05) is 13.1 Å². The largest absolute Gasteiger partial charge is 0.347 e. The zero-order chi connectivity index (χ0) is 26.5. The van der Waals surface area contributed by atoms with Gasteiger partial charge in [-0.1, -0.05) is 74.2 Å². The molecule has 0 unspecified atom stereocenters. The van der Waals surface area contributed by atoms with Crippen LogP contribution >= 0.6 is 0 Å². The molecule has 0 spiro atoms. The van der Waals surface area contributed by atoms with E-state index in [1.165, 1.54) is 62.5 Å². The van der Waals surface area contributed by atoms with Crippen LogP contribution in [0.3, 0.4) is 0 Å². The van der Waals surface area contributed by atoms with Crippen LogP contribution in [0.4, 0.5) is 0 Å². The minimum Gasteiger partial charge on any atom is -0.347 e. The molecular formula is C34H40N6. The number of H-pyrrole nitrogens is 2. The molecule has 0 radical (unpaired) electrons. The molecule has 2 saturated heterocycles. The van der Waals surface area contributed by atoms with Gasteiger partial charge in [0.1, 0.15) is 11.6 Å². The van der Waals surface area contributed by atoms with Gasteiger partial charge >= 0.3 is 0 Å². The summed E-state index contributed by atoms with van der Waals surface area (Å²) < 4.78 is 0. The standard InChI is InChI=1S/C34H40N6/c1-2-21(1)13-23-15-29(35-17-23)33-37-19-31(39-33)27-9-5-25(6-10-27)26-7-11-28(12-8-26)32-20-38-34(40-32)30-16-24(18-36-30)14-22-3-4-22/h5-12,19-24,29-30,35-36H,1-4,13-18H2,(H,37,39)(H,38,40)/t23-,24-,29+,30+/m1/s1. The monoisotopic (exact) mass is 532 g/mol. The van der Waals surface area contributed by atoms with E-state index >= 15 is 0 Å². The van der Waals surface area contributed by atoms with Crippen LogP contribution in [0, 0.1) is 23.7 Å². The number of aromatic nitrogens is 4. The quantitative estimate of drug-likeness (QED) is 0.186. The molecule has 4 fully saturated rings. The maximum atomic E-state index is 4.96. The molecule has 4 N–H and O–H groups in total. The zero-order valence-electron chi connectivity index (χ0n) is 23.2. The summed E-state index contributed by atoms with van der Waals surface area (Å²) in [4.78, 5) is 16.8. The first-order chi connectivity index (χ1) is 19.7. The van der Waals surface area contributed by atoms with Gasteiger partial charge in [0.15, 0.2) is 0 Å². The van der Waals surface area contributed by atoms with Crippen molar-refractivity contribution in [3.05, 3.63) is 72.6 Å². The molecule has 2 saturated carbocycles. The van der Waals surface area contributed by atoms with Crippen LogP contribution in [-0.2, 0) is 0 Å². The SMILES string of the molecule is c1cc(-c2c[nH]c([C@@H]3C[C@@H](CC4CC4)CN3)n2)ccc1-c1ccc(-c2c[nH]c([C@@H]3C[C@@H](CC4CC4)CN3)n2)cc1. The van der Waals surface area contributed by atoms with Gasteiger partial charge in [0.25, 0.3) is 0 Å². The molecule has 40 heavy (non-hydrogen) atoms. The molecule has 8 rings (SSSR count). The summed E-state index contributed by atoms with van der Waals surface area (Å²) in [6, 6.07) is 18.3. The molecule has 2 aliphatic heterocycles. The van der Waals surface area contributed by atoms with Crippen molar-refractivity contribution in [3.8, 4) is 33.6 Å². The Morgan fingerprint density at radius 2 is 0.925 bits per heavy atom. The Morgan fingerprint density at radius 3 is 1.32 bits per heavy atom. The third kappa shape index (κ3) is 5.27. The number of nitrogens with one attached hydrogen (secondary N) is 4. The van der Waals surface area contributed by atoms with Crippen LogP contribution in [0.25, 0.3) is 33.6 Å². The first-order valence-electron chi connectivity index (χ1n) is 15.5. The van der Waals surface area contributed by atoms with Gasteiger partial charge in [0, 0.05) is 23.5 Å². The lowest BCUT2D eigenvalue weighted by Gasteiger charge is -2.08. The van der Waals surface area contributed by atoms with E-state index in [2.05, 4.69) is 81.5 Å². The van der Waals surface area contributed by atoms with E-state index in [1.54, 1.807) is 0 Å². The molecule has 2 aliphatic carbocycles.